The number of hydrogen-bond acceptors (Lipinski definition) is 4. The molecule has 0 saturated heterocycles. The third kappa shape index (κ3) is 5.83. The summed E-state index contributed by atoms with van der Waals surface area (Å²) in [4.78, 5) is 24.6. The lowest BCUT2D eigenvalue weighted by Crippen LogP contribution is -2.20. The minimum atomic E-state index is -0.327. The van der Waals surface area contributed by atoms with Crippen molar-refractivity contribution < 1.29 is 19.1 Å². The van der Waals surface area contributed by atoms with Gasteiger partial charge in [0.05, 0.1) is 7.11 Å². The first-order chi connectivity index (χ1) is 14.0. The van der Waals surface area contributed by atoms with E-state index in [1.165, 1.54) is 7.11 Å². The Bertz CT molecular complexity index is 1020. The number of amides is 2. The Morgan fingerprint density at radius 3 is 2.28 bits per heavy atom. The van der Waals surface area contributed by atoms with Crippen LogP contribution in [0.15, 0.2) is 77.3 Å². The molecule has 0 aliphatic heterocycles. The Balaban J connectivity index is 1.59. The zero-order valence-electron chi connectivity index (χ0n) is 15.6. The molecule has 0 radical (unpaired) electrons. The predicted octanol–water partition coefficient (Wildman–Crippen LogP) is 4.73. The summed E-state index contributed by atoms with van der Waals surface area (Å²) in [7, 11) is 1.54. The van der Waals surface area contributed by atoms with Gasteiger partial charge in [0.25, 0.3) is 11.8 Å². The molecule has 7 heteroatoms. The molecular formula is C22H19BrN2O4. The zero-order valence-corrected chi connectivity index (χ0v) is 17.2. The van der Waals surface area contributed by atoms with Crippen LogP contribution in [0.3, 0.4) is 0 Å². The summed E-state index contributed by atoms with van der Waals surface area (Å²) < 4.78 is 11.5. The summed E-state index contributed by atoms with van der Waals surface area (Å²) in [5.41, 5.74) is 1.64. The molecule has 2 N–H and O–H groups in total. The highest BCUT2D eigenvalue weighted by molar-refractivity contribution is 9.10. The topological polar surface area (TPSA) is 76.7 Å². The van der Waals surface area contributed by atoms with Crippen molar-refractivity contribution in [2.24, 2.45) is 0 Å². The molecule has 3 aromatic rings. The van der Waals surface area contributed by atoms with Crippen LogP contribution in [0.5, 0.6) is 11.5 Å². The smallest absolute Gasteiger partial charge is 0.262 e. The maximum Gasteiger partial charge on any atom is 0.262 e. The van der Waals surface area contributed by atoms with E-state index in [4.69, 9.17) is 9.47 Å². The van der Waals surface area contributed by atoms with Crippen LogP contribution in [0.25, 0.3) is 0 Å². The van der Waals surface area contributed by atoms with Crippen molar-refractivity contribution in [2.75, 3.05) is 24.4 Å². The number of anilines is 2. The highest BCUT2D eigenvalue weighted by Gasteiger charge is 2.09. The maximum atomic E-state index is 12.4. The van der Waals surface area contributed by atoms with Crippen LogP contribution in [0.4, 0.5) is 11.4 Å². The first kappa shape index (κ1) is 20.4. The highest BCUT2D eigenvalue weighted by atomic mass is 79.9. The normalized spacial score (nSPS) is 10.1. The van der Waals surface area contributed by atoms with E-state index in [1.54, 1.807) is 60.7 Å². The molecule has 0 spiro atoms. The fourth-order valence-corrected chi connectivity index (χ4v) is 2.99. The van der Waals surface area contributed by atoms with E-state index < -0.39 is 0 Å². The largest absolute Gasteiger partial charge is 0.493 e. The van der Waals surface area contributed by atoms with Gasteiger partial charge in [-0.15, -0.1) is 0 Å². The molecule has 0 aromatic heterocycles. The van der Waals surface area contributed by atoms with Gasteiger partial charge in [-0.1, -0.05) is 40.2 Å². The number of benzene rings is 3. The lowest BCUT2D eigenvalue weighted by atomic mass is 10.2. The van der Waals surface area contributed by atoms with Crippen LogP contribution >= 0.6 is 15.9 Å². The monoisotopic (exact) mass is 454 g/mol. The molecule has 0 heterocycles. The molecule has 6 nitrogen and oxygen atoms in total. The van der Waals surface area contributed by atoms with Crippen molar-refractivity contribution in [1.82, 2.24) is 0 Å². The van der Waals surface area contributed by atoms with Crippen molar-refractivity contribution in [3.63, 3.8) is 0 Å². The molecule has 3 aromatic carbocycles. The number of methoxy groups -OCH3 is 1. The van der Waals surface area contributed by atoms with E-state index in [0.717, 1.165) is 4.47 Å². The number of halogens is 1. The quantitative estimate of drug-likeness (QED) is 0.540. The molecular weight excluding hydrogens is 436 g/mol. The molecule has 0 fully saturated rings. The first-order valence-electron chi connectivity index (χ1n) is 8.78. The summed E-state index contributed by atoms with van der Waals surface area (Å²) in [5, 5.41) is 5.56. The maximum absolute atomic E-state index is 12.4. The van der Waals surface area contributed by atoms with Crippen LogP contribution in [-0.2, 0) is 4.79 Å². The van der Waals surface area contributed by atoms with Crippen LogP contribution in [0, 0.1) is 0 Å². The Morgan fingerprint density at radius 1 is 0.862 bits per heavy atom. The lowest BCUT2D eigenvalue weighted by Gasteiger charge is -2.11. The summed E-state index contributed by atoms with van der Waals surface area (Å²) in [6.07, 6.45) is 0. The van der Waals surface area contributed by atoms with Crippen LogP contribution in [0.1, 0.15) is 10.4 Å². The van der Waals surface area contributed by atoms with Crippen molar-refractivity contribution >= 4 is 39.1 Å². The van der Waals surface area contributed by atoms with Gasteiger partial charge in [-0.05, 0) is 48.5 Å². The molecule has 148 valence electrons. The van der Waals surface area contributed by atoms with E-state index in [2.05, 4.69) is 26.6 Å². The Kier molecular flexibility index (Phi) is 6.86. The van der Waals surface area contributed by atoms with Gasteiger partial charge >= 0.3 is 0 Å². The van der Waals surface area contributed by atoms with Gasteiger partial charge in [-0.25, -0.2) is 0 Å². The van der Waals surface area contributed by atoms with E-state index in [-0.39, 0.29) is 18.4 Å². The summed E-state index contributed by atoms with van der Waals surface area (Å²) in [6, 6.07) is 21.1. The zero-order chi connectivity index (χ0) is 20.6. The number of ether oxygens (including phenoxy) is 2. The molecule has 0 atom stereocenters. The van der Waals surface area contributed by atoms with Gasteiger partial charge in [0, 0.05) is 21.4 Å². The molecule has 0 unspecified atom stereocenters. The van der Waals surface area contributed by atoms with Gasteiger partial charge in [0.1, 0.15) is 0 Å². The highest BCUT2D eigenvalue weighted by Crippen LogP contribution is 2.25. The Hall–Kier alpha value is -3.32. The molecule has 3 rings (SSSR count). The minimum Gasteiger partial charge on any atom is -0.493 e. The molecule has 0 saturated carbocycles. The van der Waals surface area contributed by atoms with Crippen LogP contribution < -0.4 is 20.1 Å². The van der Waals surface area contributed by atoms with Gasteiger partial charge < -0.3 is 20.1 Å². The summed E-state index contributed by atoms with van der Waals surface area (Å²) >= 11 is 3.35. The number of rotatable bonds is 7. The standard InChI is InChI=1S/C22H19BrN2O4/c1-28-19-10-2-3-11-20(19)29-14-21(26)24-17-8-5-9-18(13-17)25-22(27)15-6-4-7-16(23)12-15/h2-13H,14H2,1H3,(H,24,26)(H,25,27). The fraction of sp³-hybridized carbons (Fsp3) is 0.0909. The third-order valence-corrected chi connectivity index (χ3v) is 4.41. The summed E-state index contributed by atoms with van der Waals surface area (Å²) in [6.45, 7) is -0.172. The number of hydrogen-bond donors (Lipinski definition) is 2. The van der Waals surface area contributed by atoms with Crippen LogP contribution in [-0.4, -0.2) is 25.5 Å². The average molecular weight is 455 g/mol. The first-order valence-corrected chi connectivity index (χ1v) is 9.57. The SMILES string of the molecule is COc1ccccc1OCC(=O)Nc1cccc(NC(=O)c2cccc(Br)c2)c1. The Morgan fingerprint density at radius 2 is 1.55 bits per heavy atom. The molecule has 2 amide bonds. The molecule has 0 aliphatic carbocycles. The molecule has 0 bridgehead atoms. The second-order valence-electron chi connectivity index (χ2n) is 6.03. The number of para-hydroxylation sites is 2. The van der Waals surface area contributed by atoms with Gasteiger partial charge in [0.15, 0.2) is 18.1 Å². The van der Waals surface area contributed by atoms with E-state index in [1.807, 2.05) is 12.1 Å². The number of carbonyl (C=O) groups excluding carboxylic acids is 2. The van der Waals surface area contributed by atoms with Crippen LogP contribution in [0.2, 0.25) is 0 Å². The third-order valence-electron chi connectivity index (χ3n) is 3.92. The van der Waals surface area contributed by atoms with Crippen molar-refractivity contribution in [2.45, 2.75) is 0 Å². The average Bonchev–Trinajstić information content (AvgIpc) is 2.72. The second kappa shape index (κ2) is 9.75. The minimum absolute atomic E-state index is 0.172. The summed E-state index contributed by atoms with van der Waals surface area (Å²) in [5.74, 6) is 0.471. The van der Waals surface area contributed by atoms with E-state index >= 15 is 0 Å². The second-order valence-corrected chi connectivity index (χ2v) is 6.95. The number of nitrogens with one attached hydrogen (secondary N) is 2. The van der Waals surface area contributed by atoms with Gasteiger partial charge in [-0.2, -0.15) is 0 Å². The Labute approximate surface area is 177 Å². The molecule has 29 heavy (non-hydrogen) atoms. The van der Waals surface area contributed by atoms with Crippen molar-refractivity contribution in [3.8, 4) is 11.5 Å². The molecule has 0 aliphatic rings. The lowest BCUT2D eigenvalue weighted by molar-refractivity contribution is -0.118. The number of carbonyl (C=O) groups is 2. The fourth-order valence-electron chi connectivity index (χ4n) is 2.59. The van der Waals surface area contributed by atoms with E-state index in [0.29, 0.717) is 28.4 Å². The van der Waals surface area contributed by atoms with E-state index in [9.17, 15) is 9.59 Å². The van der Waals surface area contributed by atoms with Crippen molar-refractivity contribution in [3.05, 3.63) is 82.8 Å². The van der Waals surface area contributed by atoms with Crippen molar-refractivity contribution in [1.29, 1.82) is 0 Å². The predicted molar refractivity (Wildman–Crippen MR) is 116 cm³/mol. The van der Waals surface area contributed by atoms with Gasteiger partial charge in [-0.3, -0.25) is 9.59 Å². The van der Waals surface area contributed by atoms with Gasteiger partial charge in [0.2, 0.25) is 0 Å².